The van der Waals surface area contributed by atoms with Crippen LogP contribution in [0.15, 0.2) is 23.1 Å². The van der Waals surface area contributed by atoms with E-state index in [0.717, 1.165) is 12.8 Å². The van der Waals surface area contributed by atoms with E-state index in [1.54, 1.807) is 16.8 Å². The Morgan fingerprint density at radius 1 is 1.62 bits per heavy atom. The second kappa shape index (κ2) is 4.12. The molecule has 0 spiro atoms. The largest absolute Gasteiger partial charge is 0.394 e. The predicted octanol–water partition coefficient (Wildman–Crippen LogP) is 1.79. The molecule has 1 aromatic rings. The van der Waals surface area contributed by atoms with Crippen LogP contribution in [-0.2, 0) is 0 Å². The monoisotopic (exact) mass is 180 g/mol. The standard InChI is InChI=1S/C10H16N2O/c1-3-5-8(2)12-7-4-6-9(11)10(12)13/h4,6-8H,3,5,11H2,1-2H3. The van der Waals surface area contributed by atoms with Gasteiger partial charge in [0.2, 0.25) is 0 Å². The quantitative estimate of drug-likeness (QED) is 0.771. The Morgan fingerprint density at radius 3 is 2.92 bits per heavy atom. The first-order valence-electron chi connectivity index (χ1n) is 4.63. The molecule has 1 unspecified atom stereocenters. The molecule has 1 rings (SSSR count). The van der Waals surface area contributed by atoms with Gasteiger partial charge in [-0.1, -0.05) is 13.3 Å². The van der Waals surface area contributed by atoms with Crippen molar-refractivity contribution in [2.45, 2.75) is 32.7 Å². The number of rotatable bonds is 3. The van der Waals surface area contributed by atoms with Crippen molar-refractivity contribution in [3.8, 4) is 0 Å². The molecule has 1 atom stereocenters. The summed E-state index contributed by atoms with van der Waals surface area (Å²) in [5, 5.41) is 0. The van der Waals surface area contributed by atoms with Crippen molar-refractivity contribution in [3.63, 3.8) is 0 Å². The smallest absolute Gasteiger partial charge is 0.273 e. The van der Waals surface area contributed by atoms with Crippen molar-refractivity contribution >= 4 is 5.69 Å². The van der Waals surface area contributed by atoms with Gasteiger partial charge in [0.05, 0.1) is 5.69 Å². The third kappa shape index (κ3) is 2.11. The molecule has 1 aromatic heterocycles. The van der Waals surface area contributed by atoms with E-state index in [2.05, 4.69) is 6.92 Å². The molecule has 3 heteroatoms. The first-order valence-corrected chi connectivity index (χ1v) is 4.63. The lowest BCUT2D eigenvalue weighted by Gasteiger charge is -2.13. The first-order chi connectivity index (χ1) is 6.16. The molecule has 0 aromatic carbocycles. The van der Waals surface area contributed by atoms with Gasteiger partial charge in [-0.05, 0) is 25.5 Å². The van der Waals surface area contributed by atoms with Crippen LogP contribution in [0.4, 0.5) is 5.69 Å². The van der Waals surface area contributed by atoms with Gasteiger partial charge in [0.15, 0.2) is 0 Å². The minimum Gasteiger partial charge on any atom is -0.394 e. The number of nitrogens with two attached hydrogens (primary N) is 1. The van der Waals surface area contributed by atoms with E-state index in [1.807, 2.05) is 13.0 Å². The molecule has 0 radical (unpaired) electrons. The Balaban J connectivity index is 3.01. The molecule has 0 saturated heterocycles. The maximum atomic E-state index is 11.5. The number of nitrogen functional groups attached to an aromatic ring is 1. The zero-order valence-corrected chi connectivity index (χ0v) is 8.16. The number of nitrogens with zero attached hydrogens (tertiary/aromatic N) is 1. The Labute approximate surface area is 78.2 Å². The predicted molar refractivity (Wildman–Crippen MR) is 54.7 cm³/mol. The minimum absolute atomic E-state index is 0.0801. The van der Waals surface area contributed by atoms with Crippen molar-refractivity contribution < 1.29 is 0 Å². The number of hydrogen-bond donors (Lipinski definition) is 1. The van der Waals surface area contributed by atoms with Gasteiger partial charge in [-0.15, -0.1) is 0 Å². The highest BCUT2D eigenvalue weighted by molar-refractivity contribution is 5.33. The zero-order chi connectivity index (χ0) is 9.84. The summed E-state index contributed by atoms with van der Waals surface area (Å²) in [7, 11) is 0. The normalized spacial score (nSPS) is 12.8. The molecule has 0 aliphatic carbocycles. The molecule has 0 aliphatic heterocycles. The molecule has 1 heterocycles. The third-order valence-corrected chi connectivity index (χ3v) is 2.19. The van der Waals surface area contributed by atoms with E-state index in [9.17, 15) is 4.79 Å². The molecule has 0 bridgehead atoms. The Hall–Kier alpha value is -1.25. The van der Waals surface area contributed by atoms with E-state index in [-0.39, 0.29) is 11.6 Å². The van der Waals surface area contributed by atoms with Crippen molar-refractivity contribution in [1.29, 1.82) is 0 Å². The topological polar surface area (TPSA) is 48.0 Å². The van der Waals surface area contributed by atoms with Crippen LogP contribution in [0, 0.1) is 0 Å². The molecular formula is C10H16N2O. The van der Waals surface area contributed by atoms with Gasteiger partial charge >= 0.3 is 0 Å². The molecular weight excluding hydrogens is 164 g/mol. The average Bonchev–Trinajstić information content (AvgIpc) is 2.10. The van der Waals surface area contributed by atoms with Crippen molar-refractivity contribution in [2.24, 2.45) is 0 Å². The zero-order valence-electron chi connectivity index (χ0n) is 8.16. The highest BCUT2D eigenvalue weighted by Gasteiger charge is 2.05. The summed E-state index contributed by atoms with van der Waals surface area (Å²) in [6, 6.07) is 3.68. The van der Waals surface area contributed by atoms with E-state index in [1.165, 1.54) is 0 Å². The summed E-state index contributed by atoms with van der Waals surface area (Å²) in [5.41, 5.74) is 5.77. The highest BCUT2D eigenvalue weighted by atomic mass is 16.1. The van der Waals surface area contributed by atoms with E-state index < -0.39 is 0 Å². The van der Waals surface area contributed by atoms with Crippen LogP contribution in [0.2, 0.25) is 0 Å². The van der Waals surface area contributed by atoms with Crippen LogP contribution in [-0.4, -0.2) is 4.57 Å². The van der Waals surface area contributed by atoms with E-state index in [4.69, 9.17) is 5.73 Å². The lowest BCUT2D eigenvalue weighted by Crippen LogP contribution is -2.24. The van der Waals surface area contributed by atoms with Gasteiger partial charge in [0.1, 0.15) is 0 Å². The fourth-order valence-electron chi connectivity index (χ4n) is 1.43. The fraction of sp³-hybridized carbons (Fsp3) is 0.500. The highest BCUT2D eigenvalue weighted by Crippen LogP contribution is 2.10. The van der Waals surface area contributed by atoms with Crippen LogP contribution in [0.3, 0.4) is 0 Å². The van der Waals surface area contributed by atoms with Crippen LogP contribution >= 0.6 is 0 Å². The molecule has 0 fully saturated rings. The molecule has 0 saturated carbocycles. The minimum atomic E-state index is -0.0801. The molecule has 13 heavy (non-hydrogen) atoms. The molecule has 3 nitrogen and oxygen atoms in total. The molecule has 72 valence electrons. The van der Waals surface area contributed by atoms with Gasteiger partial charge in [-0.2, -0.15) is 0 Å². The summed E-state index contributed by atoms with van der Waals surface area (Å²) in [6.07, 6.45) is 3.87. The number of pyridine rings is 1. The average molecular weight is 180 g/mol. The Morgan fingerprint density at radius 2 is 2.31 bits per heavy atom. The summed E-state index contributed by atoms with van der Waals surface area (Å²) in [5.74, 6) is 0. The van der Waals surface area contributed by atoms with Crippen molar-refractivity contribution in [1.82, 2.24) is 4.57 Å². The number of anilines is 1. The van der Waals surface area contributed by atoms with Gasteiger partial charge < -0.3 is 10.3 Å². The van der Waals surface area contributed by atoms with Crippen LogP contribution in [0.1, 0.15) is 32.7 Å². The number of aromatic nitrogens is 1. The molecule has 0 amide bonds. The van der Waals surface area contributed by atoms with Crippen molar-refractivity contribution in [3.05, 3.63) is 28.7 Å². The van der Waals surface area contributed by atoms with E-state index in [0.29, 0.717) is 5.69 Å². The lowest BCUT2D eigenvalue weighted by atomic mass is 10.2. The molecule has 0 aliphatic rings. The third-order valence-electron chi connectivity index (χ3n) is 2.19. The maximum Gasteiger partial charge on any atom is 0.273 e. The Bertz CT molecular complexity index is 330. The van der Waals surface area contributed by atoms with Gasteiger partial charge in [-0.25, -0.2) is 0 Å². The molecule has 2 N–H and O–H groups in total. The van der Waals surface area contributed by atoms with Gasteiger partial charge in [0.25, 0.3) is 5.56 Å². The SMILES string of the molecule is CCCC(C)n1cccc(N)c1=O. The van der Waals surface area contributed by atoms with Gasteiger partial charge in [0, 0.05) is 12.2 Å². The fourth-order valence-corrected chi connectivity index (χ4v) is 1.43. The van der Waals surface area contributed by atoms with Crippen LogP contribution in [0.5, 0.6) is 0 Å². The van der Waals surface area contributed by atoms with Crippen LogP contribution < -0.4 is 11.3 Å². The number of hydrogen-bond acceptors (Lipinski definition) is 2. The maximum absolute atomic E-state index is 11.5. The second-order valence-electron chi connectivity index (χ2n) is 3.31. The van der Waals surface area contributed by atoms with Crippen molar-refractivity contribution in [2.75, 3.05) is 5.73 Å². The summed E-state index contributed by atoms with van der Waals surface area (Å²) in [4.78, 5) is 11.5. The summed E-state index contributed by atoms with van der Waals surface area (Å²) < 4.78 is 1.69. The summed E-state index contributed by atoms with van der Waals surface area (Å²) >= 11 is 0. The summed E-state index contributed by atoms with van der Waals surface area (Å²) in [6.45, 7) is 4.14. The second-order valence-corrected chi connectivity index (χ2v) is 3.31. The van der Waals surface area contributed by atoms with E-state index >= 15 is 0 Å². The van der Waals surface area contributed by atoms with Gasteiger partial charge in [-0.3, -0.25) is 4.79 Å². The Kier molecular flexibility index (Phi) is 3.12. The van der Waals surface area contributed by atoms with Crippen LogP contribution in [0.25, 0.3) is 0 Å². The first kappa shape index (κ1) is 9.84. The lowest BCUT2D eigenvalue weighted by molar-refractivity contribution is 0.487.